The van der Waals surface area contributed by atoms with E-state index in [-0.39, 0.29) is 29.6 Å². The molecular weight excluding hydrogens is 273 g/mol. The van der Waals surface area contributed by atoms with Crippen molar-refractivity contribution in [2.24, 2.45) is 5.92 Å². The Hall–Kier alpha value is -1.91. The summed E-state index contributed by atoms with van der Waals surface area (Å²) in [4.78, 5) is 23.3. The molecule has 1 aliphatic carbocycles. The van der Waals surface area contributed by atoms with Crippen LogP contribution in [-0.2, 0) is 9.59 Å². The van der Waals surface area contributed by atoms with E-state index >= 15 is 0 Å². The molecule has 1 aliphatic rings. The maximum atomic E-state index is 12.9. The summed E-state index contributed by atoms with van der Waals surface area (Å²) in [7, 11) is 0. The highest BCUT2D eigenvalue weighted by atomic mass is 19.1. The van der Waals surface area contributed by atoms with Crippen molar-refractivity contribution in [1.29, 1.82) is 0 Å². The third-order valence-corrected chi connectivity index (χ3v) is 4.13. The highest BCUT2D eigenvalue weighted by molar-refractivity contribution is 5.84. The topological polar surface area (TPSA) is 66.4 Å². The Kier molecular flexibility index (Phi) is 4.94. The molecule has 1 aromatic rings. The van der Waals surface area contributed by atoms with Gasteiger partial charge in [0, 0.05) is 6.04 Å². The molecule has 1 saturated carbocycles. The Morgan fingerprint density at radius 3 is 2.52 bits per heavy atom. The van der Waals surface area contributed by atoms with Crippen LogP contribution in [0.1, 0.15) is 44.1 Å². The number of nitrogens with one attached hydrogen (secondary N) is 1. The van der Waals surface area contributed by atoms with Crippen LogP contribution in [0.5, 0.6) is 0 Å². The summed E-state index contributed by atoms with van der Waals surface area (Å²) in [6, 6.07) is 5.87. The largest absolute Gasteiger partial charge is 0.481 e. The SMILES string of the molecule is CCC(C(=O)N[C@H]1CC[C@@H](C(=O)O)C1)c1ccc(F)cc1. The number of carbonyl (C=O) groups is 2. The van der Waals surface area contributed by atoms with E-state index in [1.54, 1.807) is 12.1 Å². The summed E-state index contributed by atoms with van der Waals surface area (Å²) in [6.45, 7) is 1.91. The van der Waals surface area contributed by atoms with Gasteiger partial charge >= 0.3 is 5.97 Å². The minimum atomic E-state index is -0.794. The van der Waals surface area contributed by atoms with Gasteiger partial charge in [0.15, 0.2) is 0 Å². The van der Waals surface area contributed by atoms with Gasteiger partial charge in [0.1, 0.15) is 5.82 Å². The minimum absolute atomic E-state index is 0.0758. The van der Waals surface area contributed by atoms with E-state index in [1.165, 1.54) is 12.1 Å². The monoisotopic (exact) mass is 293 g/mol. The molecule has 0 spiro atoms. The normalized spacial score (nSPS) is 22.8. The van der Waals surface area contributed by atoms with Crippen molar-refractivity contribution in [3.05, 3.63) is 35.6 Å². The number of halogens is 1. The van der Waals surface area contributed by atoms with Crippen molar-refractivity contribution in [3.8, 4) is 0 Å². The maximum Gasteiger partial charge on any atom is 0.306 e. The summed E-state index contributed by atoms with van der Waals surface area (Å²) < 4.78 is 12.9. The Morgan fingerprint density at radius 1 is 1.33 bits per heavy atom. The molecule has 3 atom stereocenters. The zero-order chi connectivity index (χ0) is 15.4. The van der Waals surface area contributed by atoms with Gasteiger partial charge in [-0.25, -0.2) is 4.39 Å². The van der Waals surface area contributed by atoms with Gasteiger partial charge in [0.05, 0.1) is 11.8 Å². The summed E-state index contributed by atoms with van der Waals surface area (Å²) >= 11 is 0. The van der Waals surface area contributed by atoms with E-state index < -0.39 is 5.97 Å². The van der Waals surface area contributed by atoms with Crippen molar-refractivity contribution in [2.45, 2.75) is 44.6 Å². The summed E-state index contributed by atoms with van der Waals surface area (Å²) in [5.74, 6) is -1.91. The van der Waals surface area contributed by atoms with Crippen molar-refractivity contribution in [2.75, 3.05) is 0 Å². The van der Waals surface area contributed by atoms with Crippen LogP contribution in [0.4, 0.5) is 4.39 Å². The second-order valence-corrected chi connectivity index (χ2v) is 5.57. The van der Waals surface area contributed by atoms with Gasteiger partial charge in [-0.3, -0.25) is 9.59 Å². The van der Waals surface area contributed by atoms with Gasteiger partial charge in [-0.15, -0.1) is 0 Å². The number of rotatable bonds is 5. The smallest absolute Gasteiger partial charge is 0.306 e. The number of carboxylic acids is 1. The average molecular weight is 293 g/mol. The van der Waals surface area contributed by atoms with Crippen molar-refractivity contribution < 1.29 is 19.1 Å². The molecule has 114 valence electrons. The first kappa shape index (κ1) is 15.5. The lowest BCUT2D eigenvalue weighted by Crippen LogP contribution is -2.36. The first-order valence-corrected chi connectivity index (χ1v) is 7.30. The Balaban J connectivity index is 1.98. The number of carbonyl (C=O) groups excluding carboxylic acids is 1. The molecule has 2 N–H and O–H groups in total. The fourth-order valence-electron chi connectivity index (χ4n) is 2.91. The number of hydrogen-bond donors (Lipinski definition) is 2. The second kappa shape index (κ2) is 6.70. The lowest BCUT2D eigenvalue weighted by Gasteiger charge is -2.19. The number of hydrogen-bond acceptors (Lipinski definition) is 2. The van der Waals surface area contributed by atoms with Crippen LogP contribution in [-0.4, -0.2) is 23.0 Å². The van der Waals surface area contributed by atoms with Crippen LogP contribution >= 0.6 is 0 Å². The van der Waals surface area contributed by atoms with Crippen LogP contribution in [0.25, 0.3) is 0 Å². The maximum absolute atomic E-state index is 12.9. The van der Waals surface area contributed by atoms with Crippen molar-refractivity contribution in [3.63, 3.8) is 0 Å². The molecule has 0 aromatic heterocycles. The summed E-state index contributed by atoms with van der Waals surface area (Å²) in [6.07, 6.45) is 2.41. The molecule has 0 bridgehead atoms. The van der Waals surface area contributed by atoms with E-state index in [0.29, 0.717) is 25.7 Å². The average Bonchev–Trinajstić information content (AvgIpc) is 2.90. The Bertz CT molecular complexity index is 515. The minimum Gasteiger partial charge on any atom is -0.481 e. The van der Waals surface area contributed by atoms with Gasteiger partial charge < -0.3 is 10.4 Å². The van der Waals surface area contributed by atoms with Crippen LogP contribution in [0.3, 0.4) is 0 Å². The standard InChI is InChI=1S/C16H20FNO3/c1-2-14(10-3-6-12(17)7-4-10)15(19)18-13-8-5-11(9-13)16(20)21/h3-4,6-7,11,13-14H,2,5,8-9H2,1H3,(H,18,19)(H,20,21)/t11-,13+,14?/m1/s1. The fourth-order valence-corrected chi connectivity index (χ4v) is 2.91. The third kappa shape index (κ3) is 3.80. The van der Waals surface area contributed by atoms with Crippen molar-refractivity contribution in [1.82, 2.24) is 5.32 Å². The van der Waals surface area contributed by atoms with E-state index in [9.17, 15) is 14.0 Å². The lowest BCUT2D eigenvalue weighted by atomic mass is 9.95. The third-order valence-electron chi connectivity index (χ3n) is 4.13. The molecule has 0 radical (unpaired) electrons. The van der Waals surface area contributed by atoms with Crippen LogP contribution in [0, 0.1) is 11.7 Å². The van der Waals surface area contributed by atoms with Gasteiger partial charge in [0.25, 0.3) is 0 Å². The quantitative estimate of drug-likeness (QED) is 0.877. The first-order valence-electron chi connectivity index (χ1n) is 7.30. The van der Waals surface area contributed by atoms with Crippen LogP contribution < -0.4 is 5.32 Å². The van der Waals surface area contributed by atoms with Gasteiger partial charge in [-0.2, -0.15) is 0 Å². The highest BCUT2D eigenvalue weighted by Crippen LogP contribution is 2.27. The number of carboxylic acid groups (broad SMARTS) is 1. The molecule has 1 aromatic carbocycles. The number of benzene rings is 1. The molecule has 0 saturated heterocycles. The lowest BCUT2D eigenvalue weighted by molar-refractivity contribution is -0.141. The summed E-state index contributed by atoms with van der Waals surface area (Å²) in [5, 5.41) is 11.9. The second-order valence-electron chi connectivity index (χ2n) is 5.57. The molecule has 4 nitrogen and oxygen atoms in total. The molecule has 0 heterocycles. The Labute approximate surface area is 123 Å². The molecule has 0 aliphatic heterocycles. The highest BCUT2D eigenvalue weighted by Gasteiger charge is 2.31. The first-order chi connectivity index (χ1) is 10.0. The zero-order valence-corrected chi connectivity index (χ0v) is 12.0. The van der Waals surface area contributed by atoms with Gasteiger partial charge in [-0.1, -0.05) is 19.1 Å². The van der Waals surface area contributed by atoms with E-state index in [2.05, 4.69) is 5.32 Å². The fraction of sp³-hybridized carbons (Fsp3) is 0.500. The molecule has 1 amide bonds. The van der Waals surface area contributed by atoms with Crippen LogP contribution in [0.2, 0.25) is 0 Å². The number of amides is 1. The van der Waals surface area contributed by atoms with Gasteiger partial charge in [0.2, 0.25) is 5.91 Å². The number of aliphatic carboxylic acids is 1. The van der Waals surface area contributed by atoms with Crippen LogP contribution in [0.15, 0.2) is 24.3 Å². The van der Waals surface area contributed by atoms with E-state index in [4.69, 9.17) is 5.11 Å². The van der Waals surface area contributed by atoms with Crippen molar-refractivity contribution >= 4 is 11.9 Å². The van der Waals surface area contributed by atoms with Gasteiger partial charge in [-0.05, 0) is 43.4 Å². The molecule has 1 fully saturated rings. The molecular formula is C16H20FNO3. The molecule has 2 rings (SSSR count). The summed E-state index contributed by atoms with van der Waals surface area (Å²) in [5.41, 5.74) is 0.782. The molecule has 21 heavy (non-hydrogen) atoms. The van der Waals surface area contributed by atoms with E-state index in [0.717, 1.165) is 5.56 Å². The van der Waals surface area contributed by atoms with E-state index in [1.807, 2.05) is 6.92 Å². The Morgan fingerprint density at radius 2 is 2.00 bits per heavy atom. The molecule has 1 unspecified atom stereocenters. The predicted octanol–water partition coefficient (Wildman–Crippen LogP) is 2.69. The predicted molar refractivity (Wildman–Crippen MR) is 76.3 cm³/mol. The zero-order valence-electron chi connectivity index (χ0n) is 12.0. The molecule has 5 heteroatoms.